The Kier molecular flexibility index (Phi) is 2.56. The van der Waals surface area contributed by atoms with Crippen molar-refractivity contribution in [1.29, 1.82) is 0 Å². The number of allylic oxidation sites excluding steroid dienone is 1. The van der Waals surface area contributed by atoms with Crippen molar-refractivity contribution in [2.75, 3.05) is 0 Å². The summed E-state index contributed by atoms with van der Waals surface area (Å²) in [5, 5.41) is 20.0. The van der Waals surface area contributed by atoms with Crippen LogP contribution in [-0.2, 0) is 0 Å². The van der Waals surface area contributed by atoms with Crippen LogP contribution in [-0.4, -0.2) is 16.3 Å². The number of hydrogen-bond donors (Lipinski definition) is 2. The molecule has 2 saturated carbocycles. The van der Waals surface area contributed by atoms with Crippen molar-refractivity contribution in [3.63, 3.8) is 0 Å². The summed E-state index contributed by atoms with van der Waals surface area (Å²) in [4.78, 5) is 0. The van der Waals surface area contributed by atoms with E-state index >= 15 is 0 Å². The highest BCUT2D eigenvalue weighted by Crippen LogP contribution is 2.60. The number of phenols is 1. The van der Waals surface area contributed by atoms with Gasteiger partial charge in [-0.1, -0.05) is 25.1 Å². The molecule has 0 heterocycles. The average Bonchev–Trinajstić information content (AvgIpc) is 2.74. The molecule has 0 aliphatic heterocycles. The molecule has 0 spiro atoms. The van der Waals surface area contributed by atoms with Gasteiger partial charge in [0.15, 0.2) is 0 Å². The monoisotopic (exact) mass is 270 g/mol. The van der Waals surface area contributed by atoms with E-state index < -0.39 is 0 Å². The fourth-order valence-electron chi connectivity index (χ4n) is 5.06. The van der Waals surface area contributed by atoms with Gasteiger partial charge in [0.1, 0.15) is 5.75 Å². The second-order valence-electron chi connectivity index (χ2n) is 7.10. The van der Waals surface area contributed by atoms with Crippen LogP contribution in [0.5, 0.6) is 5.75 Å². The van der Waals surface area contributed by atoms with Crippen molar-refractivity contribution in [3.8, 4) is 5.75 Å². The lowest BCUT2D eigenvalue weighted by atomic mass is 9.57. The third-order valence-corrected chi connectivity index (χ3v) is 6.25. The molecule has 1 aromatic carbocycles. The number of benzene rings is 1. The predicted octanol–water partition coefficient (Wildman–Crippen LogP) is 3.69. The quantitative estimate of drug-likeness (QED) is 0.755. The Balaban J connectivity index is 1.75. The molecular weight excluding hydrogens is 248 g/mol. The minimum Gasteiger partial charge on any atom is -0.508 e. The Morgan fingerprint density at radius 2 is 2.05 bits per heavy atom. The van der Waals surface area contributed by atoms with Crippen LogP contribution in [0.1, 0.15) is 49.7 Å². The lowest BCUT2D eigenvalue weighted by Gasteiger charge is -2.48. The summed E-state index contributed by atoms with van der Waals surface area (Å²) in [5.74, 6) is 2.08. The first-order valence-corrected chi connectivity index (χ1v) is 7.79. The fraction of sp³-hybridized carbons (Fsp3) is 0.556. The highest BCUT2D eigenvalue weighted by molar-refractivity contribution is 5.60. The van der Waals surface area contributed by atoms with Crippen LogP contribution in [0, 0.1) is 17.3 Å². The molecule has 0 radical (unpaired) electrons. The topological polar surface area (TPSA) is 40.5 Å². The maximum absolute atomic E-state index is 10.3. The van der Waals surface area contributed by atoms with Crippen LogP contribution in [0.15, 0.2) is 24.3 Å². The minimum absolute atomic E-state index is 0.111. The van der Waals surface area contributed by atoms with Crippen molar-refractivity contribution in [2.45, 2.75) is 44.6 Å². The Morgan fingerprint density at radius 3 is 2.90 bits per heavy atom. The van der Waals surface area contributed by atoms with Gasteiger partial charge in [0.05, 0.1) is 6.10 Å². The number of aliphatic hydroxyl groups excluding tert-OH is 1. The zero-order chi connectivity index (χ0) is 13.9. The molecule has 0 unspecified atom stereocenters. The molecule has 2 heteroatoms. The first kappa shape index (κ1) is 12.5. The van der Waals surface area contributed by atoms with E-state index in [0.29, 0.717) is 23.5 Å². The summed E-state index contributed by atoms with van der Waals surface area (Å²) in [6.45, 7) is 2.28. The Hall–Kier alpha value is -1.28. The average molecular weight is 270 g/mol. The maximum atomic E-state index is 10.3. The van der Waals surface area contributed by atoms with Crippen LogP contribution < -0.4 is 0 Å². The van der Waals surface area contributed by atoms with Gasteiger partial charge in [-0.05, 0) is 72.1 Å². The minimum atomic E-state index is -0.122. The first-order chi connectivity index (χ1) is 9.59. The maximum Gasteiger partial charge on any atom is 0.116 e. The van der Waals surface area contributed by atoms with Crippen LogP contribution in [0.25, 0.3) is 6.08 Å². The van der Waals surface area contributed by atoms with Gasteiger partial charge in [0, 0.05) is 0 Å². The van der Waals surface area contributed by atoms with Crippen molar-refractivity contribution < 1.29 is 10.2 Å². The third kappa shape index (κ3) is 1.54. The number of fused-ring (bicyclic) bond motifs is 5. The summed E-state index contributed by atoms with van der Waals surface area (Å²) < 4.78 is 0. The standard InChI is InChI=1S/C18H22O2/c1-18-9-8-14-13-5-3-12(19)10-11(13)2-4-15(14)16(18)6-7-17(18)20/h2-5,10,14-17,19-20H,6-9H2,1H3/t14-,15+,16+,17+,18-/m1/s1. The first-order valence-electron chi connectivity index (χ1n) is 7.79. The van der Waals surface area contributed by atoms with Gasteiger partial charge < -0.3 is 10.2 Å². The van der Waals surface area contributed by atoms with E-state index in [2.05, 4.69) is 25.1 Å². The summed E-state index contributed by atoms with van der Waals surface area (Å²) in [6.07, 6.45) is 8.77. The third-order valence-electron chi connectivity index (χ3n) is 6.25. The van der Waals surface area contributed by atoms with Gasteiger partial charge >= 0.3 is 0 Å². The Bertz CT molecular complexity index is 577. The Labute approximate surface area is 120 Å². The van der Waals surface area contributed by atoms with Gasteiger partial charge in [-0.2, -0.15) is 0 Å². The van der Waals surface area contributed by atoms with Crippen molar-refractivity contribution in [2.24, 2.45) is 17.3 Å². The normalized spacial score (nSPS) is 41.9. The summed E-state index contributed by atoms with van der Waals surface area (Å²) >= 11 is 0. The van der Waals surface area contributed by atoms with Gasteiger partial charge in [-0.15, -0.1) is 0 Å². The highest BCUT2D eigenvalue weighted by atomic mass is 16.3. The number of aliphatic hydroxyl groups is 1. The zero-order valence-electron chi connectivity index (χ0n) is 11.9. The smallest absolute Gasteiger partial charge is 0.116 e. The van der Waals surface area contributed by atoms with E-state index in [9.17, 15) is 10.2 Å². The van der Waals surface area contributed by atoms with E-state index in [4.69, 9.17) is 0 Å². The Morgan fingerprint density at radius 1 is 1.20 bits per heavy atom. The second kappa shape index (κ2) is 4.11. The molecule has 5 atom stereocenters. The van der Waals surface area contributed by atoms with Crippen molar-refractivity contribution >= 4 is 6.08 Å². The van der Waals surface area contributed by atoms with E-state index in [0.717, 1.165) is 25.7 Å². The molecule has 3 aliphatic rings. The van der Waals surface area contributed by atoms with Crippen LogP contribution in [0.3, 0.4) is 0 Å². The lowest BCUT2D eigenvalue weighted by molar-refractivity contribution is -0.00797. The molecule has 3 aliphatic carbocycles. The molecule has 4 rings (SSSR count). The van der Waals surface area contributed by atoms with Crippen molar-refractivity contribution in [1.82, 2.24) is 0 Å². The highest BCUT2D eigenvalue weighted by Gasteiger charge is 2.53. The number of hydrogen-bond acceptors (Lipinski definition) is 2. The largest absolute Gasteiger partial charge is 0.508 e. The van der Waals surface area contributed by atoms with Gasteiger partial charge in [-0.25, -0.2) is 0 Å². The second-order valence-corrected chi connectivity index (χ2v) is 7.10. The molecule has 106 valence electrons. The number of aromatic hydroxyl groups is 1. The molecular formula is C18H22O2. The summed E-state index contributed by atoms with van der Waals surface area (Å²) in [6, 6.07) is 5.78. The molecule has 0 bridgehead atoms. The summed E-state index contributed by atoms with van der Waals surface area (Å²) in [7, 11) is 0. The van der Waals surface area contributed by atoms with Gasteiger partial charge in [-0.3, -0.25) is 0 Å². The molecule has 20 heavy (non-hydrogen) atoms. The number of rotatable bonds is 0. The molecule has 0 saturated heterocycles. The van der Waals surface area contributed by atoms with E-state index in [-0.39, 0.29) is 11.5 Å². The van der Waals surface area contributed by atoms with E-state index in [1.807, 2.05) is 12.1 Å². The lowest BCUT2D eigenvalue weighted by Crippen LogP contribution is -2.42. The molecule has 0 aromatic heterocycles. The van der Waals surface area contributed by atoms with Crippen LogP contribution in [0.4, 0.5) is 0 Å². The van der Waals surface area contributed by atoms with Crippen molar-refractivity contribution in [3.05, 3.63) is 35.4 Å². The fourth-order valence-corrected chi connectivity index (χ4v) is 5.06. The van der Waals surface area contributed by atoms with Crippen LogP contribution in [0.2, 0.25) is 0 Å². The van der Waals surface area contributed by atoms with E-state index in [1.54, 1.807) is 0 Å². The zero-order valence-corrected chi connectivity index (χ0v) is 11.9. The molecule has 1 aromatic rings. The van der Waals surface area contributed by atoms with Crippen LogP contribution >= 0.6 is 0 Å². The summed E-state index contributed by atoms with van der Waals surface area (Å²) in [5.41, 5.74) is 2.67. The van der Waals surface area contributed by atoms with Gasteiger partial charge in [0.25, 0.3) is 0 Å². The van der Waals surface area contributed by atoms with Gasteiger partial charge in [0.2, 0.25) is 0 Å². The molecule has 2 fully saturated rings. The predicted molar refractivity (Wildman–Crippen MR) is 79.4 cm³/mol. The molecule has 2 nitrogen and oxygen atoms in total. The molecule has 2 N–H and O–H groups in total. The van der Waals surface area contributed by atoms with E-state index in [1.165, 1.54) is 11.1 Å². The number of phenolic OH excluding ortho intramolecular Hbond substituents is 1. The SMILES string of the molecule is C[C@@]12CC[C@@H]3c4ccc(O)cc4C=C[C@@H]3[C@@H]1CC[C@@H]2O. The molecule has 0 amide bonds.